The van der Waals surface area contributed by atoms with Crippen LogP contribution in [0.15, 0.2) is 33.9 Å². The minimum Gasteiger partial charge on any atom is -0.462 e. The third-order valence-electron chi connectivity index (χ3n) is 4.69. The number of esters is 1. The Hall–Kier alpha value is -3.60. The Bertz CT molecular complexity index is 1070. The lowest BCUT2D eigenvalue weighted by Crippen LogP contribution is -2.44. The van der Waals surface area contributed by atoms with E-state index in [0.717, 1.165) is 0 Å². The summed E-state index contributed by atoms with van der Waals surface area (Å²) in [5, 5.41) is 2.96. The largest absolute Gasteiger partial charge is 0.462 e. The van der Waals surface area contributed by atoms with Crippen LogP contribution < -0.4 is 27.2 Å². The Labute approximate surface area is 191 Å². The first-order valence-corrected chi connectivity index (χ1v) is 10.6. The number of hydrogen-bond donors (Lipinski definition) is 3. The van der Waals surface area contributed by atoms with Crippen molar-refractivity contribution in [2.24, 2.45) is 5.92 Å². The van der Waals surface area contributed by atoms with Crippen LogP contribution >= 0.6 is 0 Å². The van der Waals surface area contributed by atoms with Crippen LogP contribution in [0.4, 0.5) is 17.2 Å². The van der Waals surface area contributed by atoms with Crippen LogP contribution in [0, 0.1) is 5.92 Å². The zero-order valence-corrected chi connectivity index (χ0v) is 19.3. The number of hydrogen-bond acceptors (Lipinski definition) is 8. The van der Waals surface area contributed by atoms with E-state index in [1.807, 2.05) is 13.8 Å². The second-order valence-electron chi connectivity index (χ2n) is 7.69. The molecule has 0 spiro atoms. The van der Waals surface area contributed by atoms with E-state index in [1.165, 1.54) is 16.6 Å². The van der Waals surface area contributed by atoms with Crippen LogP contribution in [-0.4, -0.2) is 54.8 Å². The molecule has 180 valence electrons. The standard InChI is InChI=1S/C22H31N5O6/c1-5-33-21(30)15-6-8-16(9-7-15)24-12-17(28)26(10-11-32-4)18-19(23)27(13-14(2)3)22(31)25-20(18)29/h6-9,14,24H,5,10-13,23H2,1-4H3,(H,25,29,31). The summed E-state index contributed by atoms with van der Waals surface area (Å²) in [6, 6.07) is 6.45. The highest BCUT2D eigenvalue weighted by Gasteiger charge is 2.24. The molecular weight excluding hydrogens is 430 g/mol. The predicted octanol–water partition coefficient (Wildman–Crippen LogP) is 1.04. The van der Waals surface area contributed by atoms with E-state index in [9.17, 15) is 19.2 Å². The molecular formula is C22H31N5O6. The summed E-state index contributed by atoms with van der Waals surface area (Å²) in [7, 11) is 1.47. The maximum atomic E-state index is 13.0. The second kappa shape index (κ2) is 11.9. The van der Waals surface area contributed by atoms with Gasteiger partial charge in [-0.2, -0.15) is 0 Å². The minimum atomic E-state index is -0.749. The van der Waals surface area contributed by atoms with E-state index < -0.39 is 23.1 Å². The summed E-state index contributed by atoms with van der Waals surface area (Å²) in [6.07, 6.45) is 0. The van der Waals surface area contributed by atoms with Crippen molar-refractivity contribution in [2.45, 2.75) is 27.3 Å². The molecule has 1 heterocycles. The lowest BCUT2D eigenvalue weighted by molar-refractivity contribution is -0.117. The average Bonchev–Trinajstić information content (AvgIpc) is 2.77. The molecule has 0 unspecified atom stereocenters. The molecule has 0 fully saturated rings. The molecule has 0 atom stereocenters. The number of aromatic amines is 1. The smallest absolute Gasteiger partial charge is 0.338 e. The molecule has 11 nitrogen and oxygen atoms in total. The molecule has 2 aromatic rings. The van der Waals surface area contributed by atoms with Crippen LogP contribution in [-0.2, 0) is 20.8 Å². The topological polar surface area (TPSA) is 149 Å². The summed E-state index contributed by atoms with van der Waals surface area (Å²) >= 11 is 0. The van der Waals surface area contributed by atoms with Gasteiger partial charge in [-0.25, -0.2) is 9.59 Å². The van der Waals surface area contributed by atoms with E-state index in [-0.39, 0.29) is 50.3 Å². The number of anilines is 3. The van der Waals surface area contributed by atoms with Gasteiger partial charge >= 0.3 is 11.7 Å². The van der Waals surface area contributed by atoms with Gasteiger partial charge in [-0.05, 0) is 37.1 Å². The molecule has 0 saturated heterocycles. The first-order chi connectivity index (χ1) is 15.7. The van der Waals surface area contributed by atoms with Crippen LogP contribution in [0.1, 0.15) is 31.1 Å². The summed E-state index contributed by atoms with van der Waals surface area (Å²) in [5.74, 6) is -0.877. The van der Waals surface area contributed by atoms with Crippen molar-refractivity contribution in [1.29, 1.82) is 0 Å². The Kier molecular flexibility index (Phi) is 9.22. The molecule has 0 saturated carbocycles. The summed E-state index contributed by atoms with van der Waals surface area (Å²) in [5.41, 5.74) is 5.67. The Balaban J connectivity index is 2.27. The number of aromatic nitrogens is 2. The van der Waals surface area contributed by atoms with Gasteiger partial charge in [0.25, 0.3) is 5.56 Å². The Morgan fingerprint density at radius 3 is 2.45 bits per heavy atom. The minimum absolute atomic E-state index is 0.0615. The van der Waals surface area contributed by atoms with Crippen molar-refractivity contribution in [3.8, 4) is 0 Å². The third kappa shape index (κ3) is 6.69. The molecule has 0 aliphatic rings. The molecule has 2 rings (SSSR count). The molecule has 4 N–H and O–H groups in total. The highest BCUT2D eigenvalue weighted by Crippen LogP contribution is 2.18. The predicted molar refractivity (Wildman–Crippen MR) is 126 cm³/mol. The zero-order chi connectivity index (χ0) is 24.5. The molecule has 11 heteroatoms. The van der Waals surface area contributed by atoms with E-state index in [2.05, 4.69) is 10.3 Å². The molecule has 33 heavy (non-hydrogen) atoms. The Morgan fingerprint density at radius 1 is 1.21 bits per heavy atom. The van der Waals surface area contributed by atoms with Gasteiger partial charge in [0.05, 0.1) is 25.3 Å². The molecule has 1 aromatic heterocycles. The van der Waals surface area contributed by atoms with Gasteiger partial charge in [-0.1, -0.05) is 13.8 Å². The number of methoxy groups -OCH3 is 1. The van der Waals surface area contributed by atoms with Crippen molar-refractivity contribution in [2.75, 3.05) is 49.4 Å². The number of nitrogens with zero attached hydrogens (tertiary/aromatic N) is 2. The van der Waals surface area contributed by atoms with Crippen molar-refractivity contribution >= 4 is 29.1 Å². The van der Waals surface area contributed by atoms with E-state index >= 15 is 0 Å². The molecule has 0 bridgehead atoms. The molecule has 0 radical (unpaired) electrons. The normalized spacial score (nSPS) is 10.8. The number of ether oxygens (including phenoxy) is 2. The van der Waals surface area contributed by atoms with Gasteiger partial charge < -0.3 is 25.4 Å². The lowest BCUT2D eigenvalue weighted by atomic mass is 10.2. The van der Waals surface area contributed by atoms with E-state index in [4.69, 9.17) is 15.2 Å². The number of amides is 1. The number of nitrogens with two attached hydrogens (primary N) is 1. The molecule has 0 aliphatic heterocycles. The fourth-order valence-electron chi connectivity index (χ4n) is 3.14. The number of benzene rings is 1. The summed E-state index contributed by atoms with van der Waals surface area (Å²) < 4.78 is 11.3. The van der Waals surface area contributed by atoms with Gasteiger partial charge in [0.1, 0.15) is 5.82 Å². The first kappa shape index (κ1) is 25.7. The van der Waals surface area contributed by atoms with E-state index in [0.29, 0.717) is 11.3 Å². The molecule has 0 aliphatic carbocycles. The van der Waals surface area contributed by atoms with Gasteiger partial charge in [0, 0.05) is 25.9 Å². The van der Waals surface area contributed by atoms with Crippen LogP contribution in [0.25, 0.3) is 0 Å². The second-order valence-corrected chi connectivity index (χ2v) is 7.69. The van der Waals surface area contributed by atoms with Crippen molar-refractivity contribution in [3.05, 3.63) is 50.7 Å². The number of carbonyl (C=O) groups excluding carboxylic acids is 2. The number of rotatable bonds is 11. The quantitative estimate of drug-likeness (QED) is 0.420. The Morgan fingerprint density at radius 2 is 1.88 bits per heavy atom. The van der Waals surface area contributed by atoms with Gasteiger partial charge in [0.15, 0.2) is 5.69 Å². The van der Waals surface area contributed by atoms with E-state index in [1.54, 1.807) is 31.2 Å². The van der Waals surface area contributed by atoms with Crippen molar-refractivity contribution < 1.29 is 19.1 Å². The van der Waals surface area contributed by atoms with Crippen molar-refractivity contribution in [3.63, 3.8) is 0 Å². The van der Waals surface area contributed by atoms with Crippen LogP contribution in [0.2, 0.25) is 0 Å². The number of nitrogen functional groups attached to an aromatic ring is 1. The number of nitrogens with one attached hydrogen (secondary N) is 2. The fraction of sp³-hybridized carbons (Fsp3) is 0.455. The van der Waals surface area contributed by atoms with Gasteiger partial charge in [-0.15, -0.1) is 0 Å². The first-order valence-electron chi connectivity index (χ1n) is 10.6. The number of carbonyl (C=O) groups is 2. The highest BCUT2D eigenvalue weighted by atomic mass is 16.5. The lowest BCUT2D eigenvalue weighted by Gasteiger charge is -2.25. The van der Waals surface area contributed by atoms with Gasteiger partial charge in [0.2, 0.25) is 5.91 Å². The highest BCUT2D eigenvalue weighted by molar-refractivity contribution is 5.98. The molecule has 1 amide bonds. The zero-order valence-electron chi connectivity index (χ0n) is 19.3. The summed E-state index contributed by atoms with van der Waals surface area (Å²) in [6.45, 7) is 6.15. The monoisotopic (exact) mass is 461 g/mol. The van der Waals surface area contributed by atoms with Gasteiger partial charge in [-0.3, -0.25) is 19.1 Å². The molecule has 1 aromatic carbocycles. The maximum absolute atomic E-state index is 13.0. The third-order valence-corrected chi connectivity index (χ3v) is 4.69. The van der Waals surface area contributed by atoms with Crippen LogP contribution in [0.3, 0.4) is 0 Å². The average molecular weight is 462 g/mol. The van der Waals surface area contributed by atoms with Crippen molar-refractivity contribution in [1.82, 2.24) is 9.55 Å². The number of H-pyrrole nitrogens is 1. The maximum Gasteiger partial charge on any atom is 0.338 e. The van der Waals surface area contributed by atoms with Crippen LogP contribution in [0.5, 0.6) is 0 Å². The SMILES string of the molecule is CCOC(=O)c1ccc(NCC(=O)N(CCOC)c2c(N)n(CC(C)C)c(=O)[nH]c2=O)cc1. The summed E-state index contributed by atoms with van der Waals surface area (Å²) in [4.78, 5) is 53.1. The fourth-order valence-corrected chi connectivity index (χ4v) is 3.14.